The van der Waals surface area contributed by atoms with Crippen LogP contribution in [0.3, 0.4) is 0 Å². The number of hydrogen-bond acceptors (Lipinski definition) is 2. The van der Waals surface area contributed by atoms with E-state index in [0.29, 0.717) is 30.0 Å². The first-order valence-corrected chi connectivity index (χ1v) is 7.13. The molecule has 0 saturated heterocycles. The zero-order chi connectivity index (χ0) is 14.6. The molecule has 0 spiro atoms. The maximum atomic E-state index is 12.3. The van der Waals surface area contributed by atoms with E-state index in [0.717, 1.165) is 11.1 Å². The molecule has 0 radical (unpaired) electrons. The number of hydrogen-bond donors (Lipinski definition) is 0. The van der Waals surface area contributed by atoms with Crippen molar-refractivity contribution in [3.05, 3.63) is 28.8 Å². The van der Waals surface area contributed by atoms with Crippen molar-refractivity contribution in [3.63, 3.8) is 0 Å². The van der Waals surface area contributed by atoms with E-state index in [2.05, 4.69) is 26.8 Å². The summed E-state index contributed by atoms with van der Waals surface area (Å²) in [7, 11) is 1.62. The SMILES string of the molecule is COc1c(C(=O)CCCCl)cc(C)cc1C(C)(C)C. The van der Waals surface area contributed by atoms with Crippen molar-refractivity contribution < 1.29 is 9.53 Å². The van der Waals surface area contributed by atoms with Gasteiger partial charge in [0.05, 0.1) is 12.7 Å². The molecule has 2 nitrogen and oxygen atoms in total. The highest BCUT2D eigenvalue weighted by atomic mass is 35.5. The van der Waals surface area contributed by atoms with Gasteiger partial charge in [0, 0.05) is 17.9 Å². The first-order chi connectivity index (χ1) is 8.81. The van der Waals surface area contributed by atoms with E-state index in [1.54, 1.807) is 7.11 Å². The van der Waals surface area contributed by atoms with Crippen LogP contribution < -0.4 is 4.74 Å². The fourth-order valence-corrected chi connectivity index (χ4v) is 2.25. The molecule has 0 aliphatic carbocycles. The molecule has 1 rings (SSSR count). The Morgan fingerprint density at radius 2 is 1.95 bits per heavy atom. The first kappa shape index (κ1) is 16.0. The molecule has 0 atom stereocenters. The number of Topliss-reactive ketones (excluding diaryl/α,β-unsaturated/α-hetero) is 1. The van der Waals surface area contributed by atoms with Gasteiger partial charge in [-0.25, -0.2) is 0 Å². The lowest BCUT2D eigenvalue weighted by Gasteiger charge is -2.24. The van der Waals surface area contributed by atoms with Crippen LogP contribution in [-0.2, 0) is 5.41 Å². The van der Waals surface area contributed by atoms with E-state index in [9.17, 15) is 4.79 Å². The zero-order valence-corrected chi connectivity index (χ0v) is 13.2. The van der Waals surface area contributed by atoms with Gasteiger partial charge in [-0.2, -0.15) is 0 Å². The van der Waals surface area contributed by atoms with Crippen LogP contribution in [0.4, 0.5) is 0 Å². The second kappa shape index (κ2) is 6.42. The number of methoxy groups -OCH3 is 1. The topological polar surface area (TPSA) is 26.3 Å². The minimum atomic E-state index is -0.0567. The number of carbonyl (C=O) groups is 1. The summed E-state index contributed by atoms with van der Waals surface area (Å²) in [4.78, 5) is 12.3. The molecule has 0 heterocycles. The third-order valence-electron chi connectivity index (χ3n) is 3.08. The van der Waals surface area contributed by atoms with Crippen LogP contribution in [0.1, 0.15) is 55.1 Å². The van der Waals surface area contributed by atoms with Gasteiger partial charge < -0.3 is 4.74 Å². The molecule has 1 aromatic carbocycles. The molecule has 0 N–H and O–H groups in total. The molecule has 0 aliphatic heterocycles. The Morgan fingerprint density at radius 1 is 1.32 bits per heavy atom. The number of rotatable bonds is 5. The molecule has 19 heavy (non-hydrogen) atoms. The Hall–Kier alpha value is -1.02. The van der Waals surface area contributed by atoms with E-state index in [-0.39, 0.29) is 11.2 Å². The first-order valence-electron chi connectivity index (χ1n) is 6.59. The van der Waals surface area contributed by atoms with E-state index in [1.165, 1.54) is 0 Å². The predicted octanol–water partition coefficient (Wildman–Crippen LogP) is 4.50. The number of benzene rings is 1. The van der Waals surface area contributed by atoms with Crippen LogP contribution in [0.5, 0.6) is 5.75 Å². The molecule has 0 aromatic heterocycles. The number of aryl methyl sites for hydroxylation is 1. The minimum Gasteiger partial charge on any atom is -0.496 e. The summed E-state index contributed by atoms with van der Waals surface area (Å²) in [5.41, 5.74) is 2.78. The molecule has 0 unspecified atom stereocenters. The molecule has 3 heteroatoms. The fourth-order valence-electron chi connectivity index (χ4n) is 2.12. The minimum absolute atomic E-state index is 0.0567. The Kier molecular flexibility index (Phi) is 5.42. The van der Waals surface area contributed by atoms with Gasteiger partial charge in [-0.05, 0) is 30.4 Å². The molecular formula is C16H23ClO2. The van der Waals surface area contributed by atoms with Crippen molar-refractivity contribution in [1.29, 1.82) is 0 Å². The predicted molar refractivity (Wildman–Crippen MR) is 80.7 cm³/mol. The van der Waals surface area contributed by atoms with E-state index in [1.807, 2.05) is 13.0 Å². The number of alkyl halides is 1. The number of ether oxygens (including phenoxy) is 1. The van der Waals surface area contributed by atoms with E-state index < -0.39 is 0 Å². The quantitative estimate of drug-likeness (QED) is 0.587. The second-order valence-corrected chi connectivity index (χ2v) is 6.24. The Bertz CT molecular complexity index is 459. The van der Waals surface area contributed by atoms with Gasteiger partial charge in [0.25, 0.3) is 0 Å². The molecule has 0 saturated carbocycles. The van der Waals surface area contributed by atoms with Gasteiger partial charge in [-0.1, -0.05) is 26.8 Å². The highest BCUT2D eigenvalue weighted by molar-refractivity contribution is 6.18. The summed E-state index contributed by atoms with van der Waals surface area (Å²) in [6, 6.07) is 4.00. The van der Waals surface area contributed by atoms with Gasteiger partial charge in [0.1, 0.15) is 5.75 Å². The summed E-state index contributed by atoms with van der Waals surface area (Å²) in [6.45, 7) is 8.37. The summed E-state index contributed by atoms with van der Waals surface area (Å²) in [6.07, 6.45) is 1.16. The second-order valence-electron chi connectivity index (χ2n) is 5.86. The van der Waals surface area contributed by atoms with Crippen LogP contribution in [-0.4, -0.2) is 18.8 Å². The summed E-state index contributed by atoms with van der Waals surface area (Å²) < 4.78 is 5.51. The van der Waals surface area contributed by atoms with Gasteiger partial charge in [0.2, 0.25) is 0 Å². The van der Waals surface area contributed by atoms with Crippen LogP contribution in [0.25, 0.3) is 0 Å². The molecule has 106 valence electrons. The van der Waals surface area contributed by atoms with Gasteiger partial charge in [0.15, 0.2) is 5.78 Å². The molecule has 0 fully saturated rings. The maximum absolute atomic E-state index is 12.3. The fraction of sp³-hybridized carbons (Fsp3) is 0.562. The lowest BCUT2D eigenvalue weighted by molar-refractivity contribution is 0.0978. The van der Waals surface area contributed by atoms with Crippen LogP contribution in [0.15, 0.2) is 12.1 Å². The smallest absolute Gasteiger partial charge is 0.166 e. The highest BCUT2D eigenvalue weighted by Gasteiger charge is 2.24. The monoisotopic (exact) mass is 282 g/mol. The highest BCUT2D eigenvalue weighted by Crippen LogP contribution is 2.35. The van der Waals surface area contributed by atoms with Crippen molar-refractivity contribution in [2.24, 2.45) is 0 Å². The third kappa shape index (κ3) is 3.97. The maximum Gasteiger partial charge on any atom is 0.166 e. The van der Waals surface area contributed by atoms with Gasteiger partial charge >= 0.3 is 0 Å². The molecular weight excluding hydrogens is 260 g/mol. The Labute approximate surface area is 121 Å². The van der Waals surface area contributed by atoms with Gasteiger partial charge in [-0.3, -0.25) is 4.79 Å². The van der Waals surface area contributed by atoms with Crippen molar-refractivity contribution in [2.45, 2.75) is 46.0 Å². The molecule has 0 aliphatic rings. The molecule has 0 amide bonds. The average Bonchev–Trinajstić information content (AvgIpc) is 2.33. The van der Waals surface area contributed by atoms with Crippen molar-refractivity contribution in [1.82, 2.24) is 0 Å². The lowest BCUT2D eigenvalue weighted by atomic mass is 9.83. The normalized spacial score (nSPS) is 11.5. The number of halogens is 1. The van der Waals surface area contributed by atoms with Crippen LogP contribution in [0, 0.1) is 6.92 Å². The Balaban J connectivity index is 3.31. The van der Waals surface area contributed by atoms with E-state index >= 15 is 0 Å². The Morgan fingerprint density at radius 3 is 2.42 bits per heavy atom. The average molecular weight is 283 g/mol. The van der Waals surface area contributed by atoms with E-state index in [4.69, 9.17) is 16.3 Å². The number of carbonyl (C=O) groups excluding carboxylic acids is 1. The summed E-state index contributed by atoms with van der Waals surface area (Å²) in [5.74, 6) is 1.32. The number of ketones is 1. The van der Waals surface area contributed by atoms with Crippen molar-refractivity contribution in [2.75, 3.05) is 13.0 Å². The standard InChI is InChI=1S/C16H23ClO2/c1-11-9-12(14(18)7-6-8-17)15(19-5)13(10-11)16(2,3)4/h9-10H,6-8H2,1-5H3. The summed E-state index contributed by atoms with van der Waals surface area (Å²) >= 11 is 5.66. The molecule has 1 aromatic rings. The van der Waals surface area contributed by atoms with Crippen molar-refractivity contribution >= 4 is 17.4 Å². The van der Waals surface area contributed by atoms with Crippen LogP contribution in [0.2, 0.25) is 0 Å². The van der Waals surface area contributed by atoms with Crippen molar-refractivity contribution in [3.8, 4) is 5.75 Å². The lowest BCUT2D eigenvalue weighted by Crippen LogP contribution is -2.16. The summed E-state index contributed by atoms with van der Waals surface area (Å²) in [5, 5.41) is 0. The molecule has 0 bridgehead atoms. The third-order valence-corrected chi connectivity index (χ3v) is 3.35. The van der Waals surface area contributed by atoms with Gasteiger partial charge in [-0.15, -0.1) is 11.6 Å². The zero-order valence-electron chi connectivity index (χ0n) is 12.5. The van der Waals surface area contributed by atoms with Crippen LogP contribution >= 0.6 is 11.6 Å². The largest absolute Gasteiger partial charge is 0.496 e.